The minimum Gasteiger partial charge on any atom is -0.366 e. The minimum atomic E-state index is -0.304. The second-order valence-corrected chi connectivity index (χ2v) is 6.23. The van der Waals surface area contributed by atoms with E-state index in [0.29, 0.717) is 18.1 Å². The third-order valence-electron chi connectivity index (χ3n) is 4.44. The van der Waals surface area contributed by atoms with E-state index in [4.69, 9.17) is 11.6 Å². The number of H-pyrrole nitrogens is 1. The van der Waals surface area contributed by atoms with Crippen LogP contribution >= 0.6 is 11.6 Å². The molecule has 0 aliphatic carbocycles. The van der Waals surface area contributed by atoms with E-state index in [9.17, 15) is 4.79 Å². The fraction of sp³-hybridized carbons (Fsp3) is 0.714. The lowest BCUT2D eigenvalue weighted by atomic mass is 9.97. The Bertz CT molecular complexity index is 520. The van der Waals surface area contributed by atoms with Crippen molar-refractivity contribution in [2.24, 2.45) is 0 Å². The number of rotatable bonds is 4. The van der Waals surface area contributed by atoms with Crippen LogP contribution in [0.25, 0.3) is 0 Å². The van der Waals surface area contributed by atoms with Crippen LogP contribution in [0.5, 0.6) is 0 Å². The van der Waals surface area contributed by atoms with Crippen molar-refractivity contribution < 1.29 is 0 Å². The molecule has 2 aliphatic heterocycles. The van der Waals surface area contributed by atoms with Crippen LogP contribution in [0.1, 0.15) is 39.0 Å². The fourth-order valence-electron chi connectivity index (χ4n) is 3.60. The summed E-state index contributed by atoms with van der Waals surface area (Å²) in [7, 11) is 0. The summed E-state index contributed by atoms with van der Waals surface area (Å²) >= 11 is 6.19. The van der Waals surface area contributed by atoms with Crippen molar-refractivity contribution in [2.45, 2.75) is 57.2 Å². The van der Waals surface area contributed by atoms with Crippen LogP contribution in [0.15, 0.2) is 11.0 Å². The highest BCUT2D eigenvalue weighted by Gasteiger charge is 2.36. The summed E-state index contributed by atoms with van der Waals surface area (Å²) in [6.45, 7) is 3.06. The highest BCUT2D eigenvalue weighted by Crippen LogP contribution is 2.33. The summed E-state index contributed by atoms with van der Waals surface area (Å²) < 4.78 is 0. The molecule has 3 heterocycles. The first-order valence-corrected chi connectivity index (χ1v) is 7.82. The topological polar surface area (TPSA) is 61.0 Å². The number of hydrogen-bond donors (Lipinski definition) is 2. The van der Waals surface area contributed by atoms with Gasteiger partial charge in [-0.05, 0) is 32.1 Å². The normalized spacial score (nSPS) is 28.6. The molecule has 2 aliphatic rings. The minimum absolute atomic E-state index is 0.263. The Labute approximate surface area is 123 Å². The van der Waals surface area contributed by atoms with Gasteiger partial charge in [0.25, 0.3) is 5.56 Å². The third-order valence-corrected chi connectivity index (χ3v) is 4.81. The van der Waals surface area contributed by atoms with Gasteiger partial charge in [-0.15, -0.1) is 0 Å². The summed E-state index contributed by atoms with van der Waals surface area (Å²) in [5, 5.41) is 10.2. The molecule has 2 N–H and O–H groups in total. The van der Waals surface area contributed by atoms with Crippen molar-refractivity contribution in [3.63, 3.8) is 0 Å². The average molecular weight is 297 g/mol. The lowest BCUT2D eigenvalue weighted by Gasteiger charge is -2.39. The van der Waals surface area contributed by atoms with Gasteiger partial charge in [0.05, 0.1) is 11.9 Å². The van der Waals surface area contributed by atoms with Crippen molar-refractivity contribution in [1.29, 1.82) is 0 Å². The molecule has 2 fully saturated rings. The zero-order chi connectivity index (χ0) is 14.1. The summed E-state index contributed by atoms with van der Waals surface area (Å²) in [5.41, 5.74) is 0.478. The molecule has 2 atom stereocenters. The smallest absolute Gasteiger partial charge is 0.285 e. The van der Waals surface area contributed by atoms with Gasteiger partial charge in [-0.3, -0.25) is 4.79 Å². The summed E-state index contributed by atoms with van der Waals surface area (Å²) in [6, 6.07) is 1.69. The Hall–Kier alpha value is -1.07. The second-order valence-electron chi connectivity index (χ2n) is 5.85. The van der Waals surface area contributed by atoms with E-state index < -0.39 is 0 Å². The molecule has 1 aromatic heterocycles. The van der Waals surface area contributed by atoms with E-state index in [1.165, 1.54) is 12.8 Å². The van der Waals surface area contributed by atoms with Crippen LogP contribution in [0.4, 0.5) is 5.69 Å². The van der Waals surface area contributed by atoms with E-state index in [1.807, 2.05) is 0 Å². The SMILES string of the molecule is CCCN(c1cn[nH]c(=O)c1Cl)C1CC2CCC(C1)N2. The van der Waals surface area contributed by atoms with E-state index in [1.54, 1.807) is 6.20 Å². The maximum absolute atomic E-state index is 11.7. The number of nitrogens with one attached hydrogen (secondary N) is 2. The van der Waals surface area contributed by atoms with E-state index in [0.717, 1.165) is 31.5 Å². The fourth-order valence-corrected chi connectivity index (χ4v) is 3.80. The first kappa shape index (κ1) is 13.9. The Morgan fingerprint density at radius 1 is 1.40 bits per heavy atom. The molecular formula is C14H21ClN4O. The Balaban J connectivity index is 1.88. The molecule has 1 aromatic rings. The Morgan fingerprint density at radius 3 is 2.75 bits per heavy atom. The van der Waals surface area contributed by atoms with Gasteiger partial charge in [0, 0.05) is 24.7 Å². The predicted molar refractivity (Wildman–Crippen MR) is 80.5 cm³/mol. The lowest BCUT2D eigenvalue weighted by molar-refractivity contribution is 0.346. The van der Waals surface area contributed by atoms with Gasteiger partial charge >= 0.3 is 0 Å². The molecule has 2 bridgehead atoms. The molecule has 110 valence electrons. The molecule has 20 heavy (non-hydrogen) atoms. The number of fused-ring (bicyclic) bond motifs is 2. The first-order chi connectivity index (χ1) is 9.69. The monoisotopic (exact) mass is 296 g/mol. The van der Waals surface area contributed by atoms with Gasteiger partial charge in [0.1, 0.15) is 5.02 Å². The van der Waals surface area contributed by atoms with Crippen molar-refractivity contribution in [2.75, 3.05) is 11.4 Å². The summed E-state index contributed by atoms with van der Waals surface area (Å²) in [5.74, 6) is 0. The molecule has 0 radical (unpaired) electrons. The highest BCUT2D eigenvalue weighted by atomic mass is 35.5. The zero-order valence-corrected chi connectivity index (χ0v) is 12.5. The standard InChI is InChI=1S/C14H21ClN4O/c1-2-5-19(12-8-16-18-14(20)13(12)15)11-6-9-3-4-10(7-11)17-9/h8-11,17H,2-7H2,1H3,(H,18,20). The van der Waals surface area contributed by atoms with Gasteiger partial charge in [0.15, 0.2) is 0 Å². The molecule has 5 nitrogen and oxygen atoms in total. The van der Waals surface area contributed by atoms with Crippen molar-refractivity contribution in [3.8, 4) is 0 Å². The third kappa shape index (κ3) is 2.56. The largest absolute Gasteiger partial charge is 0.366 e. The number of hydrogen-bond acceptors (Lipinski definition) is 4. The quantitative estimate of drug-likeness (QED) is 0.891. The molecule has 2 unspecified atom stereocenters. The molecule has 0 saturated carbocycles. The first-order valence-electron chi connectivity index (χ1n) is 7.45. The molecule has 6 heteroatoms. The average Bonchev–Trinajstić information content (AvgIpc) is 2.78. The lowest BCUT2D eigenvalue weighted by Crippen LogP contribution is -2.49. The van der Waals surface area contributed by atoms with Crippen molar-refractivity contribution >= 4 is 17.3 Å². The van der Waals surface area contributed by atoms with Gasteiger partial charge in [0.2, 0.25) is 0 Å². The van der Waals surface area contributed by atoms with Crippen molar-refractivity contribution in [3.05, 3.63) is 21.6 Å². The van der Waals surface area contributed by atoms with Crippen LogP contribution < -0.4 is 15.8 Å². The summed E-state index contributed by atoms with van der Waals surface area (Å²) in [6.07, 6.45) is 7.50. The van der Waals surface area contributed by atoms with Crippen LogP contribution in [0.2, 0.25) is 5.02 Å². The molecule has 3 rings (SSSR count). The molecular weight excluding hydrogens is 276 g/mol. The number of piperidine rings is 1. The number of aromatic amines is 1. The van der Waals surface area contributed by atoms with Gasteiger partial charge in [-0.25, -0.2) is 5.10 Å². The summed E-state index contributed by atoms with van der Waals surface area (Å²) in [4.78, 5) is 14.0. The Kier molecular flexibility index (Phi) is 3.98. The number of halogens is 1. The van der Waals surface area contributed by atoms with Crippen LogP contribution in [-0.4, -0.2) is 34.9 Å². The molecule has 0 spiro atoms. The molecule has 2 saturated heterocycles. The maximum atomic E-state index is 11.7. The number of nitrogens with zero attached hydrogens (tertiary/aromatic N) is 2. The molecule has 0 amide bonds. The second kappa shape index (κ2) is 5.74. The van der Waals surface area contributed by atoms with Gasteiger partial charge in [-0.2, -0.15) is 5.10 Å². The zero-order valence-electron chi connectivity index (χ0n) is 11.7. The predicted octanol–water partition coefficient (Wildman–Crippen LogP) is 1.92. The van der Waals surface area contributed by atoms with Crippen LogP contribution in [0.3, 0.4) is 0 Å². The number of anilines is 1. The Morgan fingerprint density at radius 2 is 2.10 bits per heavy atom. The maximum Gasteiger partial charge on any atom is 0.285 e. The van der Waals surface area contributed by atoms with Gasteiger partial charge in [-0.1, -0.05) is 18.5 Å². The molecule has 0 aromatic carbocycles. The van der Waals surface area contributed by atoms with Gasteiger partial charge < -0.3 is 10.2 Å². The van der Waals surface area contributed by atoms with E-state index in [-0.39, 0.29) is 10.6 Å². The van der Waals surface area contributed by atoms with E-state index in [2.05, 4.69) is 27.3 Å². The van der Waals surface area contributed by atoms with E-state index >= 15 is 0 Å². The highest BCUT2D eigenvalue weighted by molar-refractivity contribution is 6.33. The van der Waals surface area contributed by atoms with Crippen molar-refractivity contribution in [1.82, 2.24) is 15.5 Å². The number of aromatic nitrogens is 2. The van der Waals surface area contributed by atoms with Crippen LogP contribution in [0, 0.1) is 0 Å². The van der Waals surface area contributed by atoms with Crippen LogP contribution in [-0.2, 0) is 0 Å².